The van der Waals surface area contributed by atoms with E-state index in [0.717, 1.165) is 31.0 Å². The summed E-state index contributed by atoms with van der Waals surface area (Å²) < 4.78 is 2.03. The Balaban J connectivity index is 2.15. The van der Waals surface area contributed by atoms with Gasteiger partial charge < -0.3 is 10.6 Å². The molecule has 1 saturated carbocycles. The minimum absolute atomic E-state index is 0.233. The van der Waals surface area contributed by atoms with Gasteiger partial charge in [0.15, 0.2) is 0 Å². The monoisotopic (exact) mass is 278 g/mol. The molecular formula is C16H30N4. The third-order valence-corrected chi connectivity index (χ3v) is 4.67. The molecule has 4 heteroatoms. The quantitative estimate of drug-likeness (QED) is 0.870. The second-order valence-corrected chi connectivity index (χ2v) is 6.41. The minimum Gasteiger partial charge on any atom is -0.359 e. The first-order valence-electron chi connectivity index (χ1n) is 8.02. The first-order chi connectivity index (χ1) is 9.52. The van der Waals surface area contributed by atoms with E-state index in [4.69, 9.17) is 5.73 Å². The van der Waals surface area contributed by atoms with Gasteiger partial charge in [-0.05, 0) is 38.5 Å². The van der Waals surface area contributed by atoms with Gasteiger partial charge in [-0.2, -0.15) is 5.10 Å². The summed E-state index contributed by atoms with van der Waals surface area (Å²) in [5.41, 5.74) is 8.63. The molecule has 0 spiro atoms. The summed E-state index contributed by atoms with van der Waals surface area (Å²) in [7, 11) is 4.25. The average molecular weight is 278 g/mol. The summed E-state index contributed by atoms with van der Waals surface area (Å²) in [5, 5.41) is 4.61. The molecule has 0 radical (unpaired) electrons. The van der Waals surface area contributed by atoms with Crippen LogP contribution in [-0.2, 0) is 13.5 Å². The highest BCUT2D eigenvalue weighted by Gasteiger charge is 2.22. The van der Waals surface area contributed by atoms with Gasteiger partial charge in [-0.25, -0.2) is 0 Å². The summed E-state index contributed by atoms with van der Waals surface area (Å²) in [6.45, 7) is 5.40. The van der Waals surface area contributed by atoms with Crippen molar-refractivity contribution in [2.24, 2.45) is 18.7 Å². The Labute approximate surface area is 123 Å². The predicted molar refractivity (Wildman–Crippen MR) is 85.1 cm³/mol. The maximum absolute atomic E-state index is 6.16. The molecule has 2 N–H and O–H groups in total. The number of hydrogen-bond donors (Lipinski definition) is 1. The number of aryl methyl sites for hydroxylation is 2. The molecule has 1 aromatic rings. The summed E-state index contributed by atoms with van der Waals surface area (Å²) >= 11 is 0. The van der Waals surface area contributed by atoms with Gasteiger partial charge in [0.05, 0.1) is 5.69 Å². The number of nitrogens with two attached hydrogens (primary N) is 1. The molecule has 0 aliphatic heterocycles. The smallest absolute Gasteiger partial charge is 0.129 e. The lowest BCUT2D eigenvalue weighted by Gasteiger charge is -2.25. The van der Waals surface area contributed by atoms with Crippen molar-refractivity contribution >= 4 is 5.82 Å². The van der Waals surface area contributed by atoms with Gasteiger partial charge in [0, 0.05) is 32.2 Å². The zero-order valence-electron chi connectivity index (χ0n) is 13.5. The zero-order valence-corrected chi connectivity index (χ0v) is 13.5. The van der Waals surface area contributed by atoms with E-state index in [1.165, 1.54) is 37.1 Å². The van der Waals surface area contributed by atoms with Crippen molar-refractivity contribution in [2.45, 2.75) is 58.4 Å². The average Bonchev–Trinajstić information content (AvgIpc) is 2.98. The van der Waals surface area contributed by atoms with Gasteiger partial charge in [-0.15, -0.1) is 0 Å². The van der Waals surface area contributed by atoms with E-state index in [9.17, 15) is 0 Å². The maximum atomic E-state index is 6.16. The van der Waals surface area contributed by atoms with Crippen LogP contribution >= 0.6 is 0 Å². The molecule has 4 nitrogen and oxygen atoms in total. The molecule has 0 aromatic carbocycles. The number of hydrogen-bond acceptors (Lipinski definition) is 3. The topological polar surface area (TPSA) is 47.1 Å². The summed E-state index contributed by atoms with van der Waals surface area (Å²) in [6, 6.07) is 0.233. The van der Waals surface area contributed by atoms with Crippen molar-refractivity contribution in [3.63, 3.8) is 0 Å². The van der Waals surface area contributed by atoms with E-state index in [1.807, 2.05) is 4.68 Å². The van der Waals surface area contributed by atoms with Gasteiger partial charge in [-0.3, -0.25) is 4.68 Å². The highest BCUT2D eigenvalue weighted by atomic mass is 15.4. The Morgan fingerprint density at radius 2 is 2.05 bits per heavy atom. The Hall–Kier alpha value is -1.03. The van der Waals surface area contributed by atoms with E-state index in [-0.39, 0.29) is 6.04 Å². The lowest BCUT2D eigenvalue weighted by atomic mass is 10.0. The molecule has 2 rings (SSSR count). The third-order valence-electron chi connectivity index (χ3n) is 4.67. The lowest BCUT2D eigenvalue weighted by Crippen LogP contribution is -2.28. The highest BCUT2D eigenvalue weighted by molar-refractivity contribution is 5.50. The molecule has 0 amide bonds. The zero-order chi connectivity index (χ0) is 14.7. The first kappa shape index (κ1) is 15.4. The molecule has 1 heterocycles. The van der Waals surface area contributed by atoms with Crippen LogP contribution in [0.4, 0.5) is 5.82 Å². The molecule has 0 saturated heterocycles. The van der Waals surface area contributed by atoms with Gasteiger partial charge in [0.25, 0.3) is 0 Å². The fraction of sp³-hybridized carbons (Fsp3) is 0.812. The van der Waals surface area contributed by atoms with Crippen LogP contribution in [0.5, 0.6) is 0 Å². The predicted octanol–water partition coefficient (Wildman–Crippen LogP) is 2.63. The van der Waals surface area contributed by atoms with Crippen molar-refractivity contribution in [3.8, 4) is 0 Å². The van der Waals surface area contributed by atoms with Gasteiger partial charge in [-0.1, -0.05) is 19.8 Å². The fourth-order valence-corrected chi connectivity index (χ4v) is 3.48. The third kappa shape index (κ3) is 3.35. The van der Waals surface area contributed by atoms with Crippen LogP contribution in [0.2, 0.25) is 0 Å². The maximum Gasteiger partial charge on any atom is 0.129 e. The molecule has 1 unspecified atom stereocenters. The van der Waals surface area contributed by atoms with Crippen LogP contribution in [0.1, 0.15) is 50.3 Å². The first-order valence-corrected chi connectivity index (χ1v) is 8.02. The fourth-order valence-electron chi connectivity index (χ4n) is 3.48. The Bertz CT molecular complexity index is 432. The van der Waals surface area contributed by atoms with E-state index in [2.05, 4.69) is 37.9 Å². The van der Waals surface area contributed by atoms with Crippen molar-refractivity contribution in [2.75, 3.05) is 18.5 Å². The van der Waals surface area contributed by atoms with Crippen LogP contribution in [0.15, 0.2) is 0 Å². The van der Waals surface area contributed by atoms with Crippen molar-refractivity contribution < 1.29 is 0 Å². The Morgan fingerprint density at radius 1 is 1.40 bits per heavy atom. The SMILES string of the molecule is CCC(N)Cc1c(C)nn(C)c1N(C)CC1CCCC1. The molecule has 114 valence electrons. The molecule has 1 aromatic heterocycles. The van der Waals surface area contributed by atoms with E-state index in [1.54, 1.807) is 0 Å². The van der Waals surface area contributed by atoms with Crippen LogP contribution in [0.3, 0.4) is 0 Å². The summed E-state index contributed by atoms with van der Waals surface area (Å²) in [4.78, 5) is 2.40. The molecule has 20 heavy (non-hydrogen) atoms. The molecule has 1 atom stereocenters. The van der Waals surface area contributed by atoms with Crippen LogP contribution in [-0.4, -0.2) is 29.4 Å². The minimum atomic E-state index is 0.233. The lowest BCUT2D eigenvalue weighted by molar-refractivity contribution is 0.538. The number of nitrogens with zero attached hydrogens (tertiary/aromatic N) is 3. The normalized spacial score (nSPS) is 17.6. The largest absolute Gasteiger partial charge is 0.359 e. The van der Waals surface area contributed by atoms with Crippen molar-refractivity contribution in [1.29, 1.82) is 0 Å². The second kappa shape index (κ2) is 6.61. The van der Waals surface area contributed by atoms with E-state index in [0.29, 0.717) is 0 Å². The van der Waals surface area contributed by atoms with Crippen molar-refractivity contribution in [3.05, 3.63) is 11.3 Å². The van der Waals surface area contributed by atoms with Gasteiger partial charge in [0.2, 0.25) is 0 Å². The van der Waals surface area contributed by atoms with Gasteiger partial charge in [0.1, 0.15) is 5.82 Å². The van der Waals surface area contributed by atoms with Crippen LogP contribution < -0.4 is 10.6 Å². The molecule has 1 aliphatic rings. The molecular weight excluding hydrogens is 248 g/mol. The van der Waals surface area contributed by atoms with Crippen molar-refractivity contribution in [1.82, 2.24) is 9.78 Å². The Kier molecular flexibility index (Phi) is 5.08. The number of aromatic nitrogens is 2. The van der Waals surface area contributed by atoms with Crippen LogP contribution in [0, 0.1) is 12.8 Å². The summed E-state index contributed by atoms with van der Waals surface area (Å²) in [6.07, 6.45) is 7.50. The number of rotatable bonds is 6. The van der Waals surface area contributed by atoms with E-state index < -0.39 is 0 Å². The molecule has 1 aliphatic carbocycles. The van der Waals surface area contributed by atoms with Crippen LogP contribution in [0.25, 0.3) is 0 Å². The Morgan fingerprint density at radius 3 is 2.65 bits per heavy atom. The molecule has 0 bridgehead atoms. The molecule has 1 fully saturated rings. The van der Waals surface area contributed by atoms with Gasteiger partial charge >= 0.3 is 0 Å². The number of anilines is 1. The second-order valence-electron chi connectivity index (χ2n) is 6.41. The van der Waals surface area contributed by atoms with E-state index >= 15 is 0 Å². The highest BCUT2D eigenvalue weighted by Crippen LogP contribution is 2.29. The standard InChI is InChI=1S/C16H30N4/c1-5-14(17)10-15-12(2)18-20(4)16(15)19(3)11-13-8-6-7-9-13/h13-14H,5-11,17H2,1-4H3. The summed E-state index contributed by atoms with van der Waals surface area (Å²) in [5.74, 6) is 2.11.